The molecule has 18 heavy (non-hydrogen) atoms. The van der Waals surface area contributed by atoms with Gasteiger partial charge in [-0.3, -0.25) is 4.79 Å². The minimum Gasteiger partial charge on any atom is -0.352 e. The third-order valence-corrected chi connectivity index (χ3v) is 4.78. The molecule has 1 rings (SSSR count). The van der Waals surface area contributed by atoms with E-state index in [2.05, 4.69) is 43.8 Å². The molecule has 1 N–H and O–H groups in total. The monoisotopic (exact) mass is 423 g/mol. The summed E-state index contributed by atoms with van der Waals surface area (Å²) in [6, 6.07) is 5.84. The van der Waals surface area contributed by atoms with Crippen LogP contribution in [0.4, 0.5) is 0 Å². The zero-order chi connectivity index (χ0) is 13.4. The topological polar surface area (TPSA) is 29.1 Å². The highest BCUT2D eigenvalue weighted by atomic mass is 127. The second-order valence-corrected chi connectivity index (χ2v) is 6.17. The zero-order valence-electron chi connectivity index (χ0n) is 10.6. The Balaban J connectivity index is 2.35. The van der Waals surface area contributed by atoms with E-state index in [0.29, 0.717) is 0 Å². The first-order valence-corrected chi connectivity index (χ1v) is 8.46. The summed E-state index contributed by atoms with van der Waals surface area (Å²) in [6.45, 7) is 2.80. The third-order valence-electron chi connectivity index (χ3n) is 2.78. The Morgan fingerprint density at radius 2 is 2.00 bits per heavy atom. The average molecular weight is 424 g/mol. The molecule has 2 nitrogen and oxygen atoms in total. The normalized spacial score (nSPS) is 10.4. The summed E-state index contributed by atoms with van der Waals surface area (Å²) < 4.78 is 1.05. The Bertz CT molecular complexity index is 395. The minimum absolute atomic E-state index is 0.0450. The summed E-state index contributed by atoms with van der Waals surface area (Å²) in [4.78, 5) is 12.0. The van der Waals surface area contributed by atoms with Crippen LogP contribution in [-0.4, -0.2) is 17.8 Å². The van der Waals surface area contributed by atoms with E-state index in [0.717, 1.165) is 33.0 Å². The maximum absolute atomic E-state index is 12.0. The van der Waals surface area contributed by atoms with Gasteiger partial charge in [0.05, 0.1) is 5.56 Å². The van der Waals surface area contributed by atoms with Crippen molar-refractivity contribution < 1.29 is 4.79 Å². The number of benzene rings is 1. The van der Waals surface area contributed by atoms with Crippen LogP contribution >= 0.6 is 38.5 Å². The van der Waals surface area contributed by atoms with Crippen molar-refractivity contribution in [2.75, 3.05) is 11.9 Å². The highest BCUT2D eigenvalue weighted by Gasteiger charge is 2.09. The number of rotatable bonds is 7. The van der Waals surface area contributed by atoms with Gasteiger partial charge in [-0.1, -0.05) is 40.9 Å². The SMILES string of the molecule is Cc1cccc(C(=O)NCCCCCCBr)c1I. The van der Waals surface area contributed by atoms with E-state index < -0.39 is 0 Å². The second-order valence-electron chi connectivity index (χ2n) is 4.30. The molecule has 1 aromatic carbocycles. The van der Waals surface area contributed by atoms with Gasteiger partial charge in [0.1, 0.15) is 0 Å². The van der Waals surface area contributed by atoms with Gasteiger partial charge in [0.25, 0.3) is 5.91 Å². The Labute approximate surface area is 131 Å². The van der Waals surface area contributed by atoms with E-state index in [1.54, 1.807) is 0 Å². The van der Waals surface area contributed by atoms with Gasteiger partial charge in [-0.15, -0.1) is 0 Å². The molecular formula is C14H19BrINO. The number of unbranched alkanes of at least 4 members (excludes halogenated alkanes) is 3. The van der Waals surface area contributed by atoms with E-state index in [4.69, 9.17) is 0 Å². The minimum atomic E-state index is 0.0450. The van der Waals surface area contributed by atoms with Crippen molar-refractivity contribution in [3.63, 3.8) is 0 Å². The fourth-order valence-corrected chi connectivity index (χ4v) is 2.69. The molecule has 0 bridgehead atoms. The van der Waals surface area contributed by atoms with Crippen molar-refractivity contribution in [3.05, 3.63) is 32.9 Å². The van der Waals surface area contributed by atoms with Gasteiger partial charge in [0.2, 0.25) is 0 Å². The quantitative estimate of drug-likeness (QED) is 0.395. The number of aryl methyl sites for hydroxylation is 1. The number of hydrogen-bond donors (Lipinski definition) is 1. The lowest BCUT2D eigenvalue weighted by molar-refractivity contribution is 0.0952. The number of alkyl halides is 1. The number of hydrogen-bond acceptors (Lipinski definition) is 1. The number of halogens is 2. The second kappa shape index (κ2) is 8.91. The lowest BCUT2D eigenvalue weighted by Crippen LogP contribution is -2.25. The molecule has 0 unspecified atom stereocenters. The molecule has 0 atom stereocenters. The summed E-state index contributed by atoms with van der Waals surface area (Å²) in [5.41, 5.74) is 1.94. The highest BCUT2D eigenvalue weighted by molar-refractivity contribution is 14.1. The van der Waals surface area contributed by atoms with E-state index in [-0.39, 0.29) is 5.91 Å². The molecule has 0 radical (unpaired) electrons. The first-order chi connectivity index (χ1) is 8.66. The molecule has 0 aliphatic rings. The van der Waals surface area contributed by atoms with Crippen LogP contribution in [0, 0.1) is 10.5 Å². The molecule has 0 heterocycles. The van der Waals surface area contributed by atoms with Crippen LogP contribution in [0.25, 0.3) is 0 Å². The molecule has 0 aliphatic carbocycles. The van der Waals surface area contributed by atoms with Gasteiger partial charge in [0, 0.05) is 15.4 Å². The lowest BCUT2D eigenvalue weighted by Gasteiger charge is -2.08. The van der Waals surface area contributed by atoms with E-state index in [1.165, 1.54) is 19.3 Å². The molecule has 0 fully saturated rings. The van der Waals surface area contributed by atoms with Crippen LogP contribution in [0.5, 0.6) is 0 Å². The number of amides is 1. The molecule has 0 saturated heterocycles. The van der Waals surface area contributed by atoms with Crippen LogP contribution in [0.1, 0.15) is 41.6 Å². The van der Waals surface area contributed by atoms with Gasteiger partial charge in [0.15, 0.2) is 0 Å². The molecule has 1 aromatic rings. The average Bonchev–Trinajstić information content (AvgIpc) is 2.36. The Hall–Kier alpha value is -0.100. The summed E-state index contributed by atoms with van der Waals surface area (Å²) in [5, 5.41) is 4.06. The van der Waals surface area contributed by atoms with Crippen molar-refractivity contribution in [1.29, 1.82) is 0 Å². The fourth-order valence-electron chi connectivity index (χ4n) is 1.69. The van der Waals surface area contributed by atoms with Crippen LogP contribution in [0.15, 0.2) is 18.2 Å². The van der Waals surface area contributed by atoms with Crippen molar-refractivity contribution in [2.45, 2.75) is 32.6 Å². The maximum atomic E-state index is 12.0. The van der Waals surface area contributed by atoms with Crippen molar-refractivity contribution >= 4 is 44.4 Å². The molecular weight excluding hydrogens is 405 g/mol. The van der Waals surface area contributed by atoms with Gasteiger partial charge in [-0.2, -0.15) is 0 Å². The first-order valence-electron chi connectivity index (χ1n) is 6.26. The lowest BCUT2D eigenvalue weighted by atomic mass is 10.1. The van der Waals surface area contributed by atoms with Crippen LogP contribution in [0.3, 0.4) is 0 Å². The van der Waals surface area contributed by atoms with E-state index in [1.807, 2.05) is 25.1 Å². The zero-order valence-corrected chi connectivity index (χ0v) is 14.4. The van der Waals surface area contributed by atoms with Crippen LogP contribution < -0.4 is 5.32 Å². The van der Waals surface area contributed by atoms with Crippen molar-refractivity contribution in [1.82, 2.24) is 5.32 Å². The van der Waals surface area contributed by atoms with Gasteiger partial charge in [-0.05, 0) is 54.0 Å². The summed E-state index contributed by atoms with van der Waals surface area (Å²) in [7, 11) is 0. The smallest absolute Gasteiger partial charge is 0.252 e. The van der Waals surface area contributed by atoms with E-state index >= 15 is 0 Å². The summed E-state index contributed by atoms with van der Waals surface area (Å²) in [5.74, 6) is 0.0450. The van der Waals surface area contributed by atoms with Gasteiger partial charge in [-0.25, -0.2) is 0 Å². The van der Waals surface area contributed by atoms with Crippen LogP contribution in [-0.2, 0) is 0 Å². The summed E-state index contributed by atoms with van der Waals surface area (Å²) in [6.07, 6.45) is 4.67. The Kier molecular flexibility index (Phi) is 7.90. The number of carbonyl (C=O) groups is 1. The molecule has 0 aliphatic heterocycles. The number of carbonyl (C=O) groups excluding carboxylic acids is 1. The largest absolute Gasteiger partial charge is 0.352 e. The van der Waals surface area contributed by atoms with Crippen molar-refractivity contribution in [3.8, 4) is 0 Å². The van der Waals surface area contributed by atoms with Gasteiger partial charge >= 0.3 is 0 Å². The van der Waals surface area contributed by atoms with Crippen LogP contribution in [0.2, 0.25) is 0 Å². The molecule has 4 heteroatoms. The molecule has 0 saturated carbocycles. The predicted molar refractivity (Wildman–Crippen MR) is 88.5 cm³/mol. The highest BCUT2D eigenvalue weighted by Crippen LogP contribution is 2.16. The third kappa shape index (κ3) is 5.26. The number of nitrogens with one attached hydrogen (secondary N) is 1. The predicted octanol–water partition coefficient (Wildman–Crippen LogP) is 4.28. The van der Waals surface area contributed by atoms with E-state index in [9.17, 15) is 4.79 Å². The van der Waals surface area contributed by atoms with Crippen molar-refractivity contribution in [2.24, 2.45) is 0 Å². The fraction of sp³-hybridized carbons (Fsp3) is 0.500. The molecule has 0 spiro atoms. The maximum Gasteiger partial charge on any atom is 0.252 e. The molecule has 100 valence electrons. The first kappa shape index (κ1) is 16.0. The summed E-state index contributed by atoms with van der Waals surface area (Å²) >= 11 is 5.65. The Morgan fingerprint density at radius 1 is 1.28 bits per heavy atom. The molecule has 1 amide bonds. The molecule has 0 aromatic heterocycles. The Morgan fingerprint density at radius 3 is 2.72 bits per heavy atom. The van der Waals surface area contributed by atoms with Gasteiger partial charge < -0.3 is 5.32 Å². The standard InChI is InChI=1S/C14H19BrINO/c1-11-7-6-8-12(13(11)16)14(18)17-10-5-3-2-4-9-15/h6-8H,2-5,9-10H2,1H3,(H,17,18).